The Hall–Kier alpha value is -2.51. The number of esters is 1. The monoisotopic (exact) mass is 385 g/mol. The van der Waals surface area contributed by atoms with Gasteiger partial charge in [-0.25, -0.2) is 9.78 Å². The van der Waals surface area contributed by atoms with E-state index in [0.29, 0.717) is 33.0 Å². The van der Waals surface area contributed by atoms with Gasteiger partial charge in [-0.1, -0.05) is 31.2 Å². The molecule has 0 fully saturated rings. The first-order chi connectivity index (χ1) is 12.9. The largest absolute Gasteiger partial charge is 0.465 e. The van der Waals surface area contributed by atoms with Crippen LogP contribution in [-0.4, -0.2) is 34.5 Å². The molecule has 0 spiro atoms. The van der Waals surface area contributed by atoms with Gasteiger partial charge < -0.3 is 9.72 Å². The number of ether oxygens (including phenoxy) is 1. The molecule has 0 aliphatic rings. The minimum Gasteiger partial charge on any atom is -0.465 e. The average Bonchev–Trinajstić information content (AvgIpc) is 2.99. The predicted octanol–water partition coefficient (Wildman–Crippen LogP) is 3.41. The van der Waals surface area contributed by atoms with Crippen molar-refractivity contribution in [3.8, 4) is 0 Å². The van der Waals surface area contributed by atoms with E-state index in [0.717, 1.165) is 13.1 Å². The summed E-state index contributed by atoms with van der Waals surface area (Å²) in [5.41, 5.74) is 2.90. The van der Waals surface area contributed by atoms with Crippen molar-refractivity contribution in [2.24, 2.45) is 0 Å². The van der Waals surface area contributed by atoms with Crippen LogP contribution in [0.5, 0.6) is 0 Å². The Kier molecular flexibility index (Phi) is 5.72. The number of rotatable bonds is 6. The van der Waals surface area contributed by atoms with Crippen molar-refractivity contribution in [1.29, 1.82) is 0 Å². The summed E-state index contributed by atoms with van der Waals surface area (Å²) in [6.07, 6.45) is 0. The highest BCUT2D eigenvalue weighted by molar-refractivity contribution is 7.20. The maximum Gasteiger partial charge on any atom is 0.348 e. The molecule has 0 amide bonds. The third kappa shape index (κ3) is 3.94. The van der Waals surface area contributed by atoms with Gasteiger partial charge in [-0.15, -0.1) is 11.3 Å². The van der Waals surface area contributed by atoms with E-state index in [1.165, 1.54) is 29.6 Å². The lowest BCUT2D eigenvalue weighted by Gasteiger charge is -2.20. The molecular formula is C20H23N3O3S. The summed E-state index contributed by atoms with van der Waals surface area (Å²) in [4.78, 5) is 35.1. The summed E-state index contributed by atoms with van der Waals surface area (Å²) in [5, 5.41) is 0.464. The SMILES string of the molecule is CCN(Cc1nc2sc(C(=O)OC)c(C)c2c(=O)[nH]1)Cc1ccccc1C. The molecule has 3 aromatic rings. The molecule has 7 heteroatoms. The molecule has 0 atom stereocenters. The second-order valence-electron chi connectivity index (χ2n) is 6.47. The number of aryl methyl sites for hydroxylation is 2. The van der Waals surface area contributed by atoms with E-state index >= 15 is 0 Å². The van der Waals surface area contributed by atoms with Crippen LogP contribution in [0.1, 0.15) is 39.1 Å². The zero-order valence-corrected chi connectivity index (χ0v) is 16.8. The maximum atomic E-state index is 12.6. The van der Waals surface area contributed by atoms with Gasteiger partial charge in [-0.2, -0.15) is 0 Å². The van der Waals surface area contributed by atoms with E-state index in [1.807, 2.05) is 12.1 Å². The summed E-state index contributed by atoms with van der Waals surface area (Å²) >= 11 is 1.20. The van der Waals surface area contributed by atoms with Crippen LogP contribution < -0.4 is 5.56 Å². The molecule has 1 aromatic carbocycles. The molecular weight excluding hydrogens is 362 g/mol. The van der Waals surface area contributed by atoms with Crippen molar-refractivity contribution in [3.05, 3.63) is 62.0 Å². The molecule has 1 N–H and O–H groups in total. The molecule has 0 saturated heterocycles. The van der Waals surface area contributed by atoms with Gasteiger partial charge in [0, 0.05) is 6.54 Å². The van der Waals surface area contributed by atoms with Crippen molar-refractivity contribution in [2.75, 3.05) is 13.7 Å². The summed E-state index contributed by atoms with van der Waals surface area (Å²) in [5.74, 6) is 0.159. The highest BCUT2D eigenvalue weighted by Crippen LogP contribution is 2.27. The number of aromatic nitrogens is 2. The van der Waals surface area contributed by atoms with Crippen LogP contribution in [0, 0.1) is 13.8 Å². The van der Waals surface area contributed by atoms with Crippen LogP contribution in [0.4, 0.5) is 0 Å². The smallest absolute Gasteiger partial charge is 0.348 e. The predicted molar refractivity (Wildman–Crippen MR) is 107 cm³/mol. The van der Waals surface area contributed by atoms with Gasteiger partial charge >= 0.3 is 5.97 Å². The summed E-state index contributed by atoms with van der Waals surface area (Å²) in [7, 11) is 1.33. The molecule has 2 aromatic heterocycles. The lowest BCUT2D eigenvalue weighted by atomic mass is 10.1. The first kappa shape index (κ1) is 19.3. The minimum absolute atomic E-state index is 0.217. The molecule has 3 rings (SSSR count). The number of hydrogen-bond acceptors (Lipinski definition) is 6. The Morgan fingerprint density at radius 3 is 2.67 bits per heavy atom. The maximum absolute atomic E-state index is 12.6. The molecule has 2 heterocycles. The normalized spacial score (nSPS) is 11.3. The summed E-state index contributed by atoms with van der Waals surface area (Å²) in [6, 6.07) is 8.27. The lowest BCUT2D eigenvalue weighted by molar-refractivity contribution is 0.0605. The Labute approximate surface area is 161 Å². The van der Waals surface area contributed by atoms with E-state index in [-0.39, 0.29) is 5.56 Å². The fraction of sp³-hybridized carbons (Fsp3) is 0.350. The number of nitrogens with zero attached hydrogens (tertiary/aromatic N) is 2. The molecule has 0 radical (unpaired) electrons. The highest BCUT2D eigenvalue weighted by atomic mass is 32.1. The topological polar surface area (TPSA) is 75.3 Å². The van der Waals surface area contributed by atoms with Gasteiger partial charge in [-0.05, 0) is 37.1 Å². The van der Waals surface area contributed by atoms with E-state index < -0.39 is 5.97 Å². The molecule has 0 bridgehead atoms. The highest BCUT2D eigenvalue weighted by Gasteiger charge is 2.20. The second-order valence-corrected chi connectivity index (χ2v) is 7.47. The number of methoxy groups -OCH3 is 1. The number of thiophene rings is 1. The van der Waals surface area contributed by atoms with Crippen molar-refractivity contribution < 1.29 is 9.53 Å². The zero-order valence-electron chi connectivity index (χ0n) is 16.0. The van der Waals surface area contributed by atoms with Crippen LogP contribution >= 0.6 is 11.3 Å². The number of hydrogen-bond donors (Lipinski definition) is 1. The number of benzene rings is 1. The van der Waals surface area contributed by atoms with Crippen LogP contribution in [0.15, 0.2) is 29.1 Å². The van der Waals surface area contributed by atoms with Gasteiger partial charge in [0.05, 0.1) is 19.0 Å². The number of carbonyl (C=O) groups excluding carboxylic acids is 1. The van der Waals surface area contributed by atoms with Crippen LogP contribution in [0.2, 0.25) is 0 Å². The number of nitrogens with one attached hydrogen (secondary N) is 1. The summed E-state index contributed by atoms with van der Waals surface area (Å²) < 4.78 is 4.80. The number of fused-ring (bicyclic) bond motifs is 1. The first-order valence-corrected chi connectivity index (χ1v) is 9.63. The number of carbonyl (C=O) groups is 1. The van der Waals surface area contributed by atoms with Crippen LogP contribution in [-0.2, 0) is 17.8 Å². The van der Waals surface area contributed by atoms with Gasteiger partial charge in [-0.3, -0.25) is 9.69 Å². The Morgan fingerprint density at radius 2 is 2.00 bits per heavy atom. The molecule has 0 saturated carbocycles. The van der Waals surface area contributed by atoms with E-state index in [9.17, 15) is 9.59 Å². The molecule has 6 nitrogen and oxygen atoms in total. The molecule has 0 aliphatic heterocycles. The average molecular weight is 385 g/mol. The Morgan fingerprint density at radius 1 is 1.26 bits per heavy atom. The third-order valence-electron chi connectivity index (χ3n) is 4.70. The van der Waals surface area contributed by atoms with Gasteiger partial charge in [0.2, 0.25) is 0 Å². The summed E-state index contributed by atoms with van der Waals surface area (Å²) in [6.45, 7) is 8.06. The van der Waals surface area contributed by atoms with E-state index in [1.54, 1.807) is 6.92 Å². The van der Waals surface area contributed by atoms with Crippen LogP contribution in [0.3, 0.4) is 0 Å². The molecule has 0 unspecified atom stereocenters. The number of H-pyrrole nitrogens is 1. The Balaban J connectivity index is 1.91. The van der Waals surface area contributed by atoms with Gasteiger partial charge in [0.15, 0.2) is 0 Å². The van der Waals surface area contributed by atoms with E-state index in [4.69, 9.17) is 4.74 Å². The Bertz CT molecular complexity index is 1040. The third-order valence-corrected chi connectivity index (χ3v) is 5.86. The van der Waals surface area contributed by atoms with Gasteiger partial charge in [0.25, 0.3) is 5.56 Å². The standard InChI is InChI=1S/C20H23N3O3S/c1-5-23(10-14-9-7-6-8-12(14)2)11-15-21-18(24)16-13(3)17(20(25)26-4)27-19(16)22-15/h6-9H,5,10-11H2,1-4H3,(H,21,22,24). The van der Waals surface area contributed by atoms with Crippen molar-refractivity contribution in [3.63, 3.8) is 0 Å². The minimum atomic E-state index is -0.439. The van der Waals surface area contributed by atoms with Gasteiger partial charge in [0.1, 0.15) is 15.5 Å². The van der Waals surface area contributed by atoms with E-state index in [2.05, 4.69) is 40.8 Å². The second kappa shape index (κ2) is 8.02. The van der Waals surface area contributed by atoms with Crippen molar-refractivity contribution in [1.82, 2.24) is 14.9 Å². The molecule has 0 aliphatic carbocycles. The van der Waals surface area contributed by atoms with Crippen molar-refractivity contribution >= 4 is 27.5 Å². The quantitative estimate of drug-likeness (QED) is 0.658. The first-order valence-electron chi connectivity index (χ1n) is 8.82. The number of aromatic amines is 1. The molecule has 142 valence electrons. The van der Waals surface area contributed by atoms with Crippen molar-refractivity contribution in [2.45, 2.75) is 33.9 Å². The lowest BCUT2D eigenvalue weighted by Crippen LogP contribution is -2.25. The van der Waals surface area contributed by atoms with Crippen LogP contribution in [0.25, 0.3) is 10.2 Å². The molecule has 27 heavy (non-hydrogen) atoms. The zero-order chi connectivity index (χ0) is 19.6. The fourth-order valence-corrected chi connectivity index (χ4v) is 4.19. The fourth-order valence-electron chi connectivity index (χ4n) is 3.07.